The lowest BCUT2D eigenvalue weighted by Crippen LogP contribution is -2.29. The molecular weight excluding hydrogens is 331 g/mol. The Balaban J connectivity index is 1.39. The van der Waals surface area contributed by atoms with E-state index in [9.17, 15) is 9.18 Å². The molecule has 1 aromatic carbocycles. The third-order valence-electron chi connectivity index (χ3n) is 5.84. The molecule has 4 heteroatoms. The van der Waals surface area contributed by atoms with E-state index in [0.717, 1.165) is 37.4 Å². The predicted octanol–water partition coefficient (Wildman–Crippen LogP) is 5.57. The molecule has 0 aliphatic heterocycles. The molecule has 3 nitrogen and oxygen atoms in total. The molecule has 3 rings (SSSR count). The van der Waals surface area contributed by atoms with Crippen molar-refractivity contribution in [1.82, 2.24) is 0 Å². The first-order valence-corrected chi connectivity index (χ1v) is 10.2. The number of alkyl halides is 1. The van der Waals surface area contributed by atoms with Gasteiger partial charge in [0, 0.05) is 0 Å². The Morgan fingerprint density at radius 3 is 2.31 bits per heavy atom. The molecule has 1 aromatic rings. The molecule has 26 heavy (non-hydrogen) atoms. The summed E-state index contributed by atoms with van der Waals surface area (Å²) in [4.78, 5) is 11.3. The minimum atomic E-state index is -1.53. The number of esters is 1. The van der Waals surface area contributed by atoms with Crippen LogP contribution in [0, 0.1) is 5.92 Å². The van der Waals surface area contributed by atoms with Crippen molar-refractivity contribution >= 4 is 5.97 Å². The molecule has 0 unspecified atom stereocenters. The van der Waals surface area contributed by atoms with Crippen molar-refractivity contribution in [2.75, 3.05) is 6.61 Å². The summed E-state index contributed by atoms with van der Waals surface area (Å²) in [5.41, 5.74) is 1.45. The summed E-state index contributed by atoms with van der Waals surface area (Å²) >= 11 is 0. The van der Waals surface area contributed by atoms with Gasteiger partial charge in [-0.25, -0.2) is 9.18 Å². The molecule has 0 saturated heterocycles. The number of benzene rings is 1. The number of hydrogen-bond acceptors (Lipinski definition) is 3. The lowest BCUT2D eigenvalue weighted by Gasteiger charge is -2.28. The SMILES string of the molecule is C[C@H](F)C(=O)OC1CCC(COc2ccc(C3CCCCC3)cc2)CC1. The van der Waals surface area contributed by atoms with E-state index in [0.29, 0.717) is 12.5 Å². The first-order chi connectivity index (χ1) is 12.6. The first-order valence-electron chi connectivity index (χ1n) is 10.2. The lowest BCUT2D eigenvalue weighted by atomic mass is 9.84. The predicted molar refractivity (Wildman–Crippen MR) is 100 cm³/mol. The van der Waals surface area contributed by atoms with E-state index >= 15 is 0 Å². The maximum absolute atomic E-state index is 12.9. The molecule has 0 radical (unpaired) electrons. The minimum absolute atomic E-state index is 0.133. The van der Waals surface area contributed by atoms with E-state index in [1.807, 2.05) is 0 Å². The maximum atomic E-state index is 12.9. The Hall–Kier alpha value is -1.58. The van der Waals surface area contributed by atoms with Crippen molar-refractivity contribution in [3.63, 3.8) is 0 Å². The highest BCUT2D eigenvalue weighted by Crippen LogP contribution is 2.33. The summed E-state index contributed by atoms with van der Waals surface area (Å²) in [6.45, 7) is 1.92. The Morgan fingerprint density at radius 2 is 1.69 bits per heavy atom. The average molecular weight is 362 g/mol. The van der Waals surface area contributed by atoms with Gasteiger partial charge in [-0.2, -0.15) is 0 Å². The van der Waals surface area contributed by atoms with Crippen LogP contribution < -0.4 is 4.74 Å². The van der Waals surface area contributed by atoms with Crippen LogP contribution in [0.5, 0.6) is 5.75 Å². The quantitative estimate of drug-likeness (QED) is 0.620. The van der Waals surface area contributed by atoms with Crippen LogP contribution in [0.3, 0.4) is 0 Å². The molecule has 144 valence electrons. The van der Waals surface area contributed by atoms with Gasteiger partial charge in [0.2, 0.25) is 0 Å². The summed E-state index contributed by atoms with van der Waals surface area (Å²) < 4.78 is 24.0. The maximum Gasteiger partial charge on any atom is 0.340 e. The van der Waals surface area contributed by atoms with Crippen LogP contribution in [0.15, 0.2) is 24.3 Å². The zero-order valence-electron chi connectivity index (χ0n) is 15.8. The van der Waals surface area contributed by atoms with Crippen LogP contribution >= 0.6 is 0 Å². The number of carbonyl (C=O) groups excluding carboxylic acids is 1. The number of ether oxygens (including phenoxy) is 2. The van der Waals surface area contributed by atoms with Crippen LogP contribution in [0.25, 0.3) is 0 Å². The van der Waals surface area contributed by atoms with Crippen LogP contribution in [-0.2, 0) is 9.53 Å². The molecule has 0 bridgehead atoms. The molecule has 1 atom stereocenters. The van der Waals surface area contributed by atoms with E-state index < -0.39 is 12.1 Å². The molecule has 2 aliphatic carbocycles. The molecule has 0 aromatic heterocycles. The molecular formula is C22H31FO3. The molecule has 2 aliphatic rings. The third kappa shape index (κ3) is 5.46. The topological polar surface area (TPSA) is 35.5 Å². The fourth-order valence-electron chi connectivity index (χ4n) is 4.16. The standard InChI is InChI=1S/C22H31FO3/c1-16(23)22(24)26-21-11-7-17(8-12-21)15-25-20-13-9-19(10-14-20)18-5-3-2-4-6-18/h9-10,13-14,16-18,21H,2-8,11-12,15H2,1H3/t16-,17?,21?/m0/s1. The fraction of sp³-hybridized carbons (Fsp3) is 0.682. The van der Waals surface area contributed by atoms with Gasteiger partial charge in [-0.15, -0.1) is 0 Å². The van der Waals surface area contributed by atoms with Gasteiger partial charge in [0.1, 0.15) is 11.9 Å². The Labute approximate surface area is 156 Å². The van der Waals surface area contributed by atoms with E-state index in [1.165, 1.54) is 44.6 Å². The number of hydrogen-bond donors (Lipinski definition) is 0. The highest BCUT2D eigenvalue weighted by Gasteiger charge is 2.26. The van der Waals surface area contributed by atoms with Crippen LogP contribution in [-0.4, -0.2) is 24.9 Å². The largest absolute Gasteiger partial charge is 0.493 e. The van der Waals surface area contributed by atoms with Crippen LogP contribution in [0.1, 0.15) is 76.2 Å². The Bertz CT molecular complexity index is 555. The smallest absolute Gasteiger partial charge is 0.340 e. The monoisotopic (exact) mass is 362 g/mol. The van der Waals surface area contributed by atoms with Gasteiger partial charge in [-0.3, -0.25) is 0 Å². The van der Waals surface area contributed by atoms with Gasteiger partial charge >= 0.3 is 5.97 Å². The van der Waals surface area contributed by atoms with Crippen molar-refractivity contribution in [3.8, 4) is 5.75 Å². The molecule has 2 fully saturated rings. The van der Waals surface area contributed by atoms with Gasteiger partial charge in [-0.1, -0.05) is 31.4 Å². The van der Waals surface area contributed by atoms with Crippen LogP contribution in [0.2, 0.25) is 0 Å². The number of halogens is 1. The summed E-state index contributed by atoms with van der Waals surface area (Å²) in [5.74, 6) is 1.40. The minimum Gasteiger partial charge on any atom is -0.493 e. The van der Waals surface area contributed by atoms with Gasteiger partial charge in [0.25, 0.3) is 0 Å². The lowest BCUT2D eigenvalue weighted by molar-refractivity contribution is -0.156. The second kappa shape index (κ2) is 9.38. The highest BCUT2D eigenvalue weighted by atomic mass is 19.1. The van der Waals surface area contributed by atoms with Gasteiger partial charge in [0.05, 0.1) is 6.61 Å². The zero-order valence-corrected chi connectivity index (χ0v) is 15.8. The first kappa shape index (κ1) is 19.2. The molecule has 0 amide bonds. The zero-order chi connectivity index (χ0) is 18.4. The number of rotatable bonds is 6. The van der Waals surface area contributed by atoms with Gasteiger partial charge < -0.3 is 9.47 Å². The number of carbonyl (C=O) groups is 1. The highest BCUT2D eigenvalue weighted by molar-refractivity contribution is 5.74. The second-order valence-corrected chi connectivity index (χ2v) is 7.91. The van der Waals surface area contributed by atoms with Crippen LogP contribution in [0.4, 0.5) is 4.39 Å². The van der Waals surface area contributed by atoms with Gasteiger partial charge in [0.15, 0.2) is 6.17 Å². The Kier molecular flexibility index (Phi) is 6.93. The summed E-state index contributed by atoms with van der Waals surface area (Å²) in [6, 6.07) is 8.64. The van der Waals surface area contributed by atoms with Crippen molar-refractivity contribution in [2.45, 2.75) is 82.9 Å². The van der Waals surface area contributed by atoms with Gasteiger partial charge in [-0.05, 0) is 75.0 Å². The normalized spacial score (nSPS) is 25.5. The fourth-order valence-corrected chi connectivity index (χ4v) is 4.16. The van der Waals surface area contributed by atoms with Crippen molar-refractivity contribution in [3.05, 3.63) is 29.8 Å². The molecule has 2 saturated carbocycles. The average Bonchev–Trinajstić information content (AvgIpc) is 2.68. The summed E-state index contributed by atoms with van der Waals surface area (Å²) in [6.07, 6.45) is 8.56. The second-order valence-electron chi connectivity index (χ2n) is 7.91. The molecule has 0 heterocycles. The molecule has 0 N–H and O–H groups in total. The molecule has 0 spiro atoms. The van der Waals surface area contributed by atoms with Crippen molar-refractivity contribution in [1.29, 1.82) is 0 Å². The summed E-state index contributed by atoms with van der Waals surface area (Å²) in [5, 5.41) is 0. The van der Waals surface area contributed by atoms with E-state index in [-0.39, 0.29) is 6.10 Å². The third-order valence-corrected chi connectivity index (χ3v) is 5.84. The van der Waals surface area contributed by atoms with E-state index in [4.69, 9.17) is 9.47 Å². The van der Waals surface area contributed by atoms with Crippen molar-refractivity contribution < 1.29 is 18.7 Å². The van der Waals surface area contributed by atoms with E-state index in [1.54, 1.807) is 0 Å². The van der Waals surface area contributed by atoms with E-state index in [2.05, 4.69) is 24.3 Å². The van der Waals surface area contributed by atoms with Crippen molar-refractivity contribution in [2.24, 2.45) is 5.92 Å². The summed E-state index contributed by atoms with van der Waals surface area (Å²) in [7, 11) is 0. The Morgan fingerprint density at radius 1 is 1.04 bits per heavy atom.